The van der Waals surface area contributed by atoms with Crippen molar-refractivity contribution in [2.24, 2.45) is 0 Å². The Morgan fingerprint density at radius 3 is 1.85 bits per heavy atom. The van der Waals surface area contributed by atoms with E-state index in [-0.39, 0.29) is 0 Å². The van der Waals surface area contributed by atoms with Gasteiger partial charge in [0.2, 0.25) is 0 Å². The zero-order valence-electron chi connectivity index (χ0n) is 23.0. The monoisotopic (exact) mass is 688 g/mol. The van der Waals surface area contributed by atoms with Gasteiger partial charge >= 0.3 is 11.9 Å². The molecule has 0 radical (unpaired) electrons. The molecule has 0 heterocycles. The van der Waals surface area contributed by atoms with Crippen molar-refractivity contribution in [1.29, 1.82) is 0 Å². The number of aliphatic carboxylic acids is 2. The zero-order valence-corrected chi connectivity index (χ0v) is 26.2. The molecule has 5 N–H and O–H groups in total. The fraction of sp³-hybridized carbons (Fsp3) is 0.500. The summed E-state index contributed by atoms with van der Waals surface area (Å²) in [5.41, 5.74) is 8.48. The molecule has 222 valence electrons. The molecule has 0 bridgehead atoms. The van der Waals surface area contributed by atoms with E-state index >= 15 is 0 Å². The van der Waals surface area contributed by atoms with Crippen LogP contribution in [-0.4, -0.2) is 78.7 Å². The lowest BCUT2D eigenvalue weighted by Crippen LogP contribution is -2.31. The Morgan fingerprint density at radius 2 is 1.40 bits per heavy atom. The van der Waals surface area contributed by atoms with Crippen molar-refractivity contribution in [3.8, 4) is 17.2 Å². The van der Waals surface area contributed by atoms with Crippen LogP contribution in [0.5, 0.6) is 17.2 Å². The molecule has 0 amide bonds. The van der Waals surface area contributed by atoms with Crippen molar-refractivity contribution in [2.75, 3.05) is 46.7 Å². The van der Waals surface area contributed by atoms with Crippen LogP contribution in [0.1, 0.15) is 43.2 Å². The standard InChI is InChI=1S/C26H36Br2N2O4.C2H2O4/c1-30(12-5-13-34-20-16-21(27)25(29)22(28)17-20)11-4-8-26(31)9-6-18-14-23(32-2)24(33-3)15-19(18)7-10-26;3-1(4)2(5)6/h14-17,31H,4-13,29H2,1-3H3;(H,3,4)(H,5,6). The summed E-state index contributed by atoms with van der Waals surface area (Å²) in [4.78, 5) is 20.5. The molecule has 1 aliphatic carbocycles. The van der Waals surface area contributed by atoms with Gasteiger partial charge in [-0.2, -0.15) is 0 Å². The average Bonchev–Trinajstić information content (AvgIpc) is 3.07. The highest BCUT2D eigenvalue weighted by Gasteiger charge is 2.30. The number of methoxy groups -OCH3 is 2. The summed E-state index contributed by atoms with van der Waals surface area (Å²) >= 11 is 6.89. The molecule has 0 spiro atoms. The molecule has 2 aromatic carbocycles. The molecular weight excluding hydrogens is 652 g/mol. The molecule has 1 aliphatic rings. The molecular formula is C28H38Br2N2O8. The number of hydrogen-bond acceptors (Lipinski definition) is 8. The molecule has 40 heavy (non-hydrogen) atoms. The first-order valence-corrected chi connectivity index (χ1v) is 14.5. The second-order valence-electron chi connectivity index (χ2n) is 9.72. The van der Waals surface area contributed by atoms with Crippen LogP contribution in [0.2, 0.25) is 0 Å². The molecule has 0 fully saturated rings. The Labute approximate surface area is 251 Å². The number of hydrogen-bond donors (Lipinski definition) is 4. The number of ether oxygens (including phenoxy) is 3. The van der Waals surface area contributed by atoms with E-state index in [0.29, 0.717) is 12.3 Å². The van der Waals surface area contributed by atoms with Crippen LogP contribution in [0.25, 0.3) is 0 Å². The van der Waals surface area contributed by atoms with Gasteiger partial charge in [-0.1, -0.05) is 0 Å². The third-order valence-corrected chi connectivity index (χ3v) is 8.11. The Bertz CT molecular complexity index is 1090. The molecule has 10 nitrogen and oxygen atoms in total. The summed E-state index contributed by atoms with van der Waals surface area (Å²) in [6.45, 7) is 2.54. The van der Waals surface area contributed by atoms with Gasteiger partial charge in [-0.05, 0) is 126 Å². The SMILES string of the molecule is COc1cc2c(cc1OC)CCC(O)(CCCN(C)CCCOc1cc(Br)c(N)c(Br)c1)CC2.O=C(O)C(=O)O. The van der Waals surface area contributed by atoms with Crippen LogP contribution in [0, 0.1) is 0 Å². The predicted octanol–water partition coefficient (Wildman–Crippen LogP) is 4.76. The van der Waals surface area contributed by atoms with Crippen molar-refractivity contribution < 1.29 is 39.1 Å². The summed E-state index contributed by atoms with van der Waals surface area (Å²) in [6.07, 6.45) is 5.98. The van der Waals surface area contributed by atoms with Crippen LogP contribution in [0.15, 0.2) is 33.2 Å². The lowest BCUT2D eigenvalue weighted by atomic mass is 9.89. The van der Waals surface area contributed by atoms with Gasteiger partial charge in [0.15, 0.2) is 11.5 Å². The van der Waals surface area contributed by atoms with Crippen molar-refractivity contribution in [3.05, 3.63) is 44.3 Å². The lowest BCUT2D eigenvalue weighted by Gasteiger charge is -2.27. The molecule has 12 heteroatoms. The number of nitrogens with zero attached hydrogens (tertiary/aromatic N) is 1. The number of rotatable bonds is 11. The summed E-state index contributed by atoms with van der Waals surface area (Å²) in [5.74, 6) is -1.34. The summed E-state index contributed by atoms with van der Waals surface area (Å²) in [7, 11) is 5.45. The molecule has 0 saturated carbocycles. The van der Waals surface area contributed by atoms with Gasteiger partial charge in [0, 0.05) is 15.5 Å². The topological polar surface area (TPSA) is 152 Å². The van der Waals surface area contributed by atoms with Crippen molar-refractivity contribution >= 4 is 49.5 Å². The van der Waals surface area contributed by atoms with E-state index in [9.17, 15) is 5.11 Å². The maximum Gasteiger partial charge on any atom is 0.414 e. The van der Waals surface area contributed by atoms with Crippen molar-refractivity contribution in [3.63, 3.8) is 0 Å². The fourth-order valence-electron chi connectivity index (χ4n) is 4.50. The average molecular weight is 690 g/mol. The third-order valence-electron chi connectivity index (χ3n) is 6.80. The number of anilines is 1. The number of fused-ring (bicyclic) bond motifs is 1. The van der Waals surface area contributed by atoms with Crippen LogP contribution < -0.4 is 19.9 Å². The van der Waals surface area contributed by atoms with E-state index in [1.165, 1.54) is 11.1 Å². The minimum atomic E-state index is -1.82. The van der Waals surface area contributed by atoms with Gasteiger partial charge in [-0.25, -0.2) is 9.59 Å². The predicted molar refractivity (Wildman–Crippen MR) is 160 cm³/mol. The molecule has 0 unspecified atom stereocenters. The van der Waals surface area contributed by atoms with E-state index in [0.717, 1.165) is 84.2 Å². The van der Waals surface area contributed by atoms with Gasteiger partial charge < -0.3 is 40.2 Å². The van der Waals surface area contributed by atoms with Gasteiger partial charge in [0.05, 0.1) is 32.1 Å². The number of benzene rings is 2. The highest BCUT2D eigenvalue weighted by Crippen LogP contribution is 2.37. The Morgan fingerprint density at radius 1 is 0.925 bits per heavy atom. The Hall–Kier alpha value is -2.54. The van der Waals surface area contributed by atoms with Crippen molar-refractivity contribution in [2.45, 2.75) is 50.5 Å². The molecule has 0 saturated heterocycles. The van der Waals surface area contributed by atoms with Crippen molar-refractivity contribution in [1.82, 2.24) is 4.90 Å². The molecule has 0 atom stereocenters. The highest BCUT2D eigenvalue weighted by molar-refractivity contribution is 9.11. The summed E-state index contributed by atoms with van der Waals surface area (Å²) < 4.78 is 18.4. The molecule has 0 aromatic heterocycles. The molecule has 0 aliphatic heterocycles. The van der Waals surface area contributed by atoms with E-state index in [1.54, 1.807) is 14.2 Å². The highest BCUT2D eigenvalue weighted by atomic mass is 79.9. The van der Waals surface area contributed by atoms with Crippen LogP contribution >= 0.6 is 31.9 Å². The summed E-state index contributed by atoms with van der Waals surface area (Å²) in [6, 6.07) is 7.92. The number of carbonyl (C=O) groups is 2. The maximum atomic E-state index is 11.3. The Kier molecular flexibility index (Phi) is 13.5. The number of halogens is 2. The summed E-state index contributed by atoms with van der Waals surface area (Å²) in [5, 5.41) is 26.1. The minimum absolute atomic E-state index is 0.626. The van der Waals surface area contributed by atoms with Crippen LogP contribution in [0.3, 0.4) is 0 Å². The second kappa shape index (κ2) is 16.0. The smallest absolute Gasteiger partial charge is 0.414 e. The zero-order chi connectivity index (χ0) is 29.9. The first-order valence-electron chi connectivity index (χ1n) is 12.9. The third kappa shape index (κ3) is 10.5. The number of aryl methyl sites for hydroxylation is 2. The second-order valence-corrected chi connectivity index (χ2v) is 11.4. The van der Waals surface area contributed by atoms with Gasteiger partial charge in [0.1, 0.15) is 5.75 Å². The Balaban J connectivity index is 0.000000840. The largest absolute Gasteiger partial charge is 0.493 e. The van der Waals surface area contributed by atoms with Gasteiger partial charge in [0.25, 0.3) is 0 Å². The minimum Gasteiger partial charge on any atom is -0.493 e. The van der Waals surface area contributed by atoms with Gasteiger partial charge in [-0.3, -0.25) is 0 Å². The van der Waals surface area contributed by atoms with E-state index < -0.39 is 17.5 Å². The number of carboxylic acids is 2. The molecule has 3 rings (SSSR count). The van der Waals surface area contributed by atoms with Crippen LogP contribution in [0.4, 0.5) is 5.69 Å². The lowest BCUT2D eigenvalue weighted by molar-refractivity contribution is -0.159. The van der Waals surface area contributed by atoms with Gasteiger partial charge in [-0.15, -0.1) is 0 Å². The normalized spacial score (nSPS) is 13.9. The molecule has 2 aromatic rings. The van der Waals surface area contributed by atoms with Crippen LogP contribution in [-0.2, 0) is 22.4 Å². The maximum absolute atomic E-state index is 11.3. The number of nitrogens with two attached hydrogens (primary N) is 1. The van der Waals surface area contributed by atoms with E-state index in [2.05, 4.69) is 55.9 Å². The first-order chi connectivity index (χ1) is 18.9. The van der Waals surface area contributed by atoms with E-state index in [1.807, 2.05) is 12.1 Å². The number of aliphatic hydroxyl groups is 1. The number of carboxylic acid groups (broad SMARTS) is 2. The quantitative estimate of drug-likeness (QED) is 0.113. The van der Waals surface area contributed by atoms with E-state index in [4.69, 9.17) is 39.7 Å². The number of nitrogen functional groups attached to an aromatic ring is 1. The first kappa shape index (κ1) is 33.7. The fourth-order valence-corrected chi connectivity index (χ4v) is 5.64.